The fourth-order valence-electron chi connectivity index (χ4n) is 4.31. The van der Waals surface area contributed by atoms with Crippen LogP contribution in [0.15, 0.2) is 79.0 Å². The number of carboxylic acids is 1. The van der Waals surface area contributed by atoms with E-state index in [1.165, 1.54) is 6.07 Å². The van der Waals surface area contributed by atoms with E-state index in [4.69, 9.17) is 21.3 Å². The number of nitrogens with zero attached hydrogens (tertiary/aromatic N) is 3. The van der Waals surface area contributed by atoms with Crippen molar-refractivity contribution in [1.82, 2.24) is 14.5 Å². The Kier molecular flexibility index (Phi) is 6.44. The number of benzene rings is 3. The molecule has 0 aliphatic carbocycles. The maximum absolute atomic E-state index is 11.5. The lowest BCUT2D eigenvalue weighted by Gasteiger charge is -2.12. The monoisotopic (exact) mass is 497 g/mol. The number of carboxylic acid groups (broad SMARTS) is 1. The molecule has 5 aromatic rings. The number of hydrogen-bond donors (Lipinski definition) is 1. The third-order valence-corrected chi connectivity index (χ3v) is 6.55. The second kappa shape index (κ2) is 9.84. The molecular formula is C29H24ClN3O3. The summed E-state index contributed by atoms with van der Waals surface area (Å²) in [6, 6.07) is 23.2. The number of aryl methyl sites for hydroxylation is 2. The number of hydrogen-bond acceptors (Lipinski definition) is 4. The van der Waals surface area contributed by atoms with Crippen LogP contribution in [-0.2, 0) is 13.2 Å². The van der Waals surface area contributed by atoms with Crippen LogP contribution in [-0.4, -0.2) is 25.6 Å². The average Bonchev–Trinajstić information content (AvgIpc) is 3.20. The zero-order valence-corrected chi connectivity index (χ0v) is 20.7. The maximum Gasteiger partial charge on any atom is 0.337 e. The van der Waals surface area contributed by atoms with Crippen LogP contribution in [0.1, 0.15) is 33.0 Å². The van der Waals surface area contributed by atoms with Gasteiger partial charge in [0.2, 0.25) is 0 Å². The maximum atomic E-state index is 11.5. The Morgan fingerprint density at radius 3 is 2.56 bits per heavy atom. The molecule has 1 N–H and O–H groups in total. The second-order valence-electron chi connectivity index (χ2n) is 8.62. The molecule has 36 heavy (non-hydrogen) atoms. The minimum Gasteiger partial charge on any atom is -0.487 e. The first-order valence-electron chi connectivity index (χ1n) is 11.5. The third kappa shape index (κ3) is 4.68. The standard InChI is InChI=1S/C29H24ClN3O3/c1-18-13-23(36-17-26-24(29(34)35)9-6-12-31-26)15-27-28(18)32-19(2)33(27)16-22-11-10-21(14-25(22)30)20-7-4-3-5-8-20/h3-15H,16-17H2,1-2H3,(H,34,35). The number of fused-ring (bicyclic) bond motifs is 1. The zero-order chi connectivity index (χ0) is 25.2. The Labute approximate surface area is 213 Å². The van der Waals surface area contributed by atoms with E-state index in [2.05, 4.69) is 33.8 Å². The van der Waals surface area contributed by atoms with Gasteiger partial charge in [-0.1, -0.05) is 54.1 Å². The molecule has 0 spiro atoms. The molecule has 7 heteroatoms. The van der Waals surface area contributed by atoms with Gasteiger partial charge in [0, 0.05) is 17.3 Å². The molecule has 5 rings (SSSR count). The molecule has 0 aliphatic heterocycles. The molecule has 0 amide bonds. The van der Waals surface area contributed by atoms with Crippen molar-refractivity contribution < 1.29 is 14.6 Å². The SMILES string of the molecule is Cc1cc(OCc2ncccc2C(=O)O)cc2c1nc(C)n2Cc1ccc(-c2ccccc2)cc1Cl. The Hall–Kier alpha value is -4.16. The van der Waals surface area contributed by atoms with Crippen LogP contribution in [0.2, 0.25) is 5.02 Å². The van der Waals surface area contributed by atoms with Crippen molar-refractivity contribution in [2.45, 2.75) is 27.0 Å². The highest BCUT2D eigenvalue weighted by molar-refractivity contribution is 6.31. The van der Waals surface area contributed by atoms with Crippen LogP contribution in [0.4, 0.5) is 0 Å². The molecule has 2 aromatic heterocycles. The van der Waals surface area contributed by atoms with Crippen LogP contribution in [0.3, 0.4) is 0 Å². The van der Waals surface area contributed by atoms with Gasteiger partial charge in [-0.2, -0.15) is 0 Å². The Morgan fingerprint density at radius 1 is 1.00 bits per heavy atom. The summed E-state index contributed by atoms with van der Waals surface area (Å²) >= 11 is 6.71. The van der Waals surface area contributed by atoms with Gasteiger partial charge in [0.25, 0.3) is 0 Å². The van der Waals surface area contributed by atoms with Crippen molar-refractivity contribution in [3.63, 3.8) is 0 Å². The Balaban J connectivity index is 1.45. The molecule has 0 bridgehead atoms. The van der Waals surface area contributed by atoms with Crippen LogP contribution >= 0.6 is 11.6 Å². The molecule has 3 aromatic carbocycles. The van der Waals surface area contributed by atoms with E-state index in [-0.39, 0.29) is 12.2 Å². The molecule has 6 nitrogen and oxygen atoms in total. The molecule has 0 radical (unpaired) electrons. The highest BCUT2D eigenvalue weighted by atomic mass is 35.5. The number of carbonyl (C=O) groups is 1. The minimum atomic E-state index is -1.03. The molecule has 2 heterocycles. The van der Waals surface area contributed by atoms with E-state index in [9.17, 15) is 9.90 Å². The molecule has 0 saturated carbocycles. The topological polar surface area (TPSA) is 77.2 Å². The molecule has 0 atom stereocenters. The van der Waals surface area contributed by atoms with Crippen LogP contribution in [0.5, 0.6) is 5.75 Å². The number of halogens is 1. The van der Waals surface area contributed by atoms with Gasteiger partial charge in [-0.3, -0.25) is 4.98 Å². The number of ether oxygens (including phenoxy) is 1. The smallest absolute Gasteiger partial charge is 0.337 e. The lowest BCUT2D eigenvalue weighted by Crippen LogP contribution is -2.08. The van der Waals surface area contributed by atoms with Crippen molar-refractivity contribution in [2.24, 2.45) is 0 Å². The fraction of sp³-hybridized carbons (Fsp3) is 0.138. The minimum absolute atomic E-state index is 0.0489. The van der Waals surface area contributed by atoms with Crippen molar-refractivity contribution in [2.75, 3.05) is 0 Å². The first-order chi connectivity index (χ1) is 17.4. The average molecular weight is 498 g/mol. The van der Waals surface area contributed by atoms with E-state index in [0.29, 0.717) is 23.0 Å². The molecular weight excluding hydrogens is 474 g/mol. The lowest BCUT2D eigenvalue weighted by atomic mass is 10.0. The van der Waals surface area contributed by atoms with Crippen molar-refractivity contribution in [3.05, 3.63) is 112 Å². The van der Waals surface area contributed by atoms with E-state index in [1.54, 1.807) is 12.3 Å². The summed E-state index contributed by atoms with van der Waals surface area (Å²) in [6.45, 7) is 4.56. The zero-order valence-electron chi connectivity index (χ0n) is 19.9. The number of pyridine rings is 1. The number of imidazole rings is 1. The second-order valence-corrected chi connectivity index (χ2v) is 9.02. The van der Waals surface area contributed by atoms with Crippen molar-refractivity contribution in [3.8, 4) is 16.9 Å². The summed E-state index contributed by atoms with van der Waals surface area (Å²) < 4.78 is 8.09. The summed E-state index contributed by atoms with van der Waals surface area (Å²) in [5.41, 5.74) is 6.45. The summed E-state index contributed by atoms with van der Waals surface area (Å²) in [6.07, 6.45) is 1.56. The molecule has 0 unspecified atom stereocenters. The van der Waals surface area contributed by atoms with Gasteiger partial charge < -0.3 is 14.4 Å². The summed E-state index contributed by atoms with van der Waals surface area (Å²) in [5, 5.41) is 10.1. The Bertz CT molecular complexity index is 1580. The van der Waals surface area contributed by atoms with Crippen molar-refractivity contribution >= 4 is 28.6 Å². The van der Waals surface area contributed by atoms with Crippen LogP contribution < -0.4 is 4.74 Å². The highest BCUT2D eigenvalue weighted by Crippen LogP contribution is 2.30. The number of aromatic nitrogens is 3. The van der Waals surface area contributed by atoms with E-state index < -0.39 is 5.97 Å². The van der Waals surface area contributed by atoms with E-state index in [1.807, 2.05) is 50.2 Å². The van der Waals surface area contributed by atoms with Gasteiger partial charge in [-0.15, -0.1) is 0 Å². The highest BCUT2D eigenvalue weighted by Gasteiger charge is 2.15. The quantitative estimate of drug-likeness (QED) is 0.271. The molecule has 180 valence electrons. The lowest BCUT2D eigenvalue weighted by molar-refractivity contribution is 0.0693. The summed E-state index contributed by atoms with van der Waals surface area (Å²) in [4.78, 5) is 20.4. The van der Waals surface area contributed by atoms with E-state index in [0.717, 1.165) is 39.1 Å². The summed E-state index contributed by atoms with van der Waals surface area (Å²) in [7, 11) is 0. The summed E-state index contributed by atoms with van der Waals surface area (Å²) in [5.74, 6) is 0.456. The Morgan fingerprint density at radius 2 is 1.81 bits per heavy atom. The van der Waals surface area contributed by atoms with E-state index >= 15 is 0 Å². The van der Waals surface area contributed by atoms with Gasteiger partial charge in [-0.25, -0.2) is 9.78 Å². The first-order valence-corrected chi connectivity index (χ1v) is 11.9. The number of aromatic carboxylic acids is 1. The van der Waals surface area contributed by atoms with Crippen molar-refractivity contribution in [1.29, 1.82) is 0 Å². The normalized spacial score (nSPS) is 11.1. The van der Waals surface area contributed by atoms with Crippen LogP contribution in [0.25, 0.3) is 22.2 Å². The molecule has 0 saturated heterocycles. The van der Waals surface area contributed by atoms with Gasteiger partial charge in [-0.05, 0) is 60.4 Å². The van der Waals surface area contributed by atoms with Gasteiger partial charge in [0.15, 0.2) is 0 Å². The fourth-order valence-corrected chi connectivity index (χ4v) is 4.55. The van der Waals surface area contributed by atoms with Gasteiger partial charge >= 0.3 is 5.97 Å². The molecule has 0 aliphatic rings. The largest absolute Gasteiger partial charge is 0.487 e. The molecule has 0 fully saturated rings. The first kappa shape index (κ1) is 23.6. The van der Waals surface area contributed by atoms with Gasteiger partial charge in [0.05, 0.1) is 28.8 Å². The third-order valence-electron chi connectivity index (χ3n) is 6.19. The van der Waals surface area contributed by atoms with Gasteiger partial charge in [0.1, 0.15) is 18.2 Å². The predicted octanol–water partition coefficient (Wildman–Crippen LogP) is 6.69. The number of rotatable bonds is 7. The van der Waals surface area contributed by atoms with Crippen LogP contribution in [0, 0.1) is 13.8 Å². The predicted molar refractivity (Wildman–Crippen MR) is 141 cm³/mol.